The molecule has 3 rings (SSSR count). The van der Waals surface area contributed by atoms with Crippen LogP contribution in [0.4, 0.5) is 5.69 Å². The topological polar surface area (TPSA) is 83.8 Å². The Morgan fingerprint density at radius 2 is 1.79 bits per heavy atom. The first-order chi connectivity index (χ1) is 13.3. The third-order valence-electron chi connectivity index (χ3n) is 4.04. The molecule has 1 heterocycles. The lowest BCUT2D eigenvalue weighted by Crippen LogP contribution is -2.06. The highest BCUT2D eigenvalue weighted by atomic mass is 35.5. The number of aromatic carboxylic acids is 1. The molecule has 0 amide bonds. The molecule has 6 nitrogen and oxygen atoms in total. The Labute approximate surface area is 175 Å². The lowest BCUT2D eigenvalue weighted by atomic mass is 10.0. The van der Waals surface area contributed by atoms with Crippen LogP contribution >= 0.6 is 34.8 Å². The lowest BCUT2D eigenvalue weighted by molar-refractivity contribution is 0.0691. The molecule has 0 fully saturated rings. The molecule has 0 bridgehead atoms. The summed E-state index contributed by atoms with van der Waals surface area (Å²) in [5, 5.41) is 15.1. The van der Waals surface area contributed by atoms with Gasteiger partial charge in [-0.2, -0.15) is 5.10 Å². The SMILES string of the molecule is COc1ccc2cc(/C(C)=N/Nc3c(Cl)c(Cl)nc(C(=O)O)c3Cl)ccc2c1. The van der Waals surface area contributed by atoms with Crippen LogP contribution in [0.15, 0.2) is 41.5 Å². The minimum Gasteiger partial charge on any atom is -0.497 e. The Morgan fingerprint density at radius 1 is 1.11 bits per heavy atom. The first kappa shape index (κ1) is 20.2. The number of carboxylic acid groups (broad SMARTS) is 1. The molecule has 0 aliphatic heterocycles. The van der Waals surface area contributed by atoms with Gasteiger partial charge in [0.1, 0.15) is 15.8 Å². The number of methoxy groups -OCH3 is 1. The van der Waals surface area contributed by atoms with Crippen LogP contribution in [0.3, 0.4) is 0 Å². The zero-order valence-electron chi connectivity index (χ0n) is 14.8. The summed E-state index contributed by atoms with van der Waals surface area (Å²) in [6, 6.07) is 11.6. The summed E-state index contributed by atoms with van der Waals surface area (Å²) in [6.07, 6.45) is 0. The van der Waals surface area contributed by atoms with Crippen molar-refractivity contribution in [2.75, 3.05) is 12.5 Å². The zero-order valence-corrected chi connectivity index (χ0v) is 17.0. The molecule has 0 saturated heterocycles. The normalized spacial score (nSPS) is 11.5. The number of halogens is 3. The van der Waals surface area contributed by atoms with Gasteiger partial charge in [-0.1, -0.05) is 53.0 Å². The van der Waals surface area contributed by atoms with E-state index in [1.54, 1.807) is 14.0 Å². The molecule has 28 heavy (non-hydrogen) atoms. The van der Waals surface area contributed by atoms with Crippen LogP contribution in [0.2, 0.25) is 15.2 Å². The number of ether oxygens (including phenoxy) is 1. The fourth-order valence-corrected chi connectivity index (χ4v) is 3.20. The summed E-state index contributed by atoms with van der Waals surface area (Å²) in [5.74, 6) is -0.544. The van der Waals surface area contributed by atoms with Crippen LogP contribution in [0.25, 0.3) is 10.8 Å². The molecule has 0 aliphatic carbocycles. The van der Waals surface area contributed by atoms with Gasteiger partial charge in [0.25, 0.3) is 0 Å². The van der Waals surface area contributed by atoms with E-state index in [2.05, 4.69) is 15.5 Å². The van der Waals surface area contributed by atoms with Crippen molar-refractivity contribution in [3.63, 3.8) is 0 Å². The Balaban J connectivity index is 1.95. The first-order valence-corrected chi connectivity index (χ1v) is 9.11. The van der Waals surface area contributed by atoms with Crippen LogP contribution in [-0.2, 0) is 0 Å². The average molecular weight is 439 g/mol. The van der Waals surface area contributed by atoms with E-state index < -0.39 is 11.7 Å². The molecular formula is C19H14Cl3N3O3. The van der Waals surface area contributed by atoms with Crippen molar-refractivity contribution in [3.05, 3.63) is 62.9 Å². The highest BCUT2D eigenvalue weighted by Gasteiger charge is 2.20. The van der Waals surface area contributed by atoms with Crippen molar-refractivity contribution < 1.29 is 14.6 Å². The summed E-state index contributed by atoms with van der Waals surface area (Å²) in [6.45, 7) is 1.79. The molecule has 0 radical (unpaired) electrons. The van der Waals surface area contributed by atoms with E-state index in [9.17, 15) is 9.90 Å². The molecule has 2 aromatic carbocycles. The number of rotatable bonds is 5. The van der Waals surface area contributed by atoms with Gasteiger partial charge in [0.15, 0.2) is 10.8 Å². The van der Waals surface area contributed by atoms with Gasteiger partial charge in [-0.05, 0) is 41.5 Å². The molecular weight excluding hydrogens is 425 g/mol. The smallest absolute Gasteiger partial charge is 0.356 e. The van der Waals surface area contributed by atoms with Gasteiger partial charge in [0, 0.05) is 0 Å². The van der Waals surface area contributed by atoms with Gasteiger partial charge in [-0.15, -0.1) is 0 Å². The van der Waals surface area contributed by atoms with Crippen molar-refractivity contribution in [2.45, 2.75) is 6.92 Å². The summed E-state index contributed by atoms with van der Waals surface area (Å²) in [4.78, 5) is 14.9. The maximum absolute atomic E-state index is 11.2. The van der Waals surface area contributed by atoms with Gasteiger partial charge >= 0.3 is 5.97 Å². The number of hydrogen-bond donors (Lipinski definition) is 2. The quantitative estimate of drug-likeness (QED) is 0.301. The van der Waals surface area contributed by atoms with Crippen LogP contribution in [0.5, 0.6) is 5.75 Å². The van der Waals surface area contributed by atoms with Gasteiger partial charge in [0.05, 0.1) is 18.5 Å². The van der Waals surface area contributed by atoms with E-state index in [4.69, 9.17) is 39.5 Å². The summed E-state index contributed by atoms with van der Waals surface area (Å²) < 4.78 is 5.23. The Morgan fingerprint density at radius 3 is 2.46 bits per heavy atom. The van der Waals surface area contributed by atoms with Crippen LogP contribution in [0, 0.1) is 0 Å². The fraction of sp³-hybridized carbons (Fsp3) is 0.105. The average Bonchev–Trinajstić information content (AvgIpc) is 2.69. The standard InChI is InChI=1S/C19H14Cl3N3O3/c1-9(10-3-4-12-8-13(28-2)6-5-11(12)7-10)24-25-16-14(20)17(19(26)27)23-18(22)15(16)21/h3-8H,1-2H3,(H,23,25)(H,26,27)/b24-9+. The molecule has 2 N–H and O–H groups in total. The van der Waals surface area contributed by atoms with Crippen molar-refractivity contribution >= 4 is 62.9 Å². The van der Waals surface area contributed by atoms with Crippen LogP contribution in [-0.4, -0.2) is 28.9 Å². The second kappa shape index (κ2) is 8.22. The van der Waals surface area contributed by atoms with E-state index in [-0.39, 0.29) is 20.9 Å². The Bertz CT molecular complexity index is 1120. The molecule has 9 heteroatoms. The monoisotopic (exact) mass is 437 g/mol. The van der Waals surface area contributed by atoms with E-state index >= 15 is 0 Å². The van der Waals surface area contributed by atoms with Crippen molar-refractivity contribution in [1.29, 1.82) is 0 Å². The second-order valence-corrected chi connectivity index (χ2v) is 6.91. The number of hydrogen-bond acceptors (Lipinski definition) is 5. The highest BCUT2D eigenvalue weighted by Crippen LogP contribution is 2.37. The first-order valence-electron chi connectivity index (χ1n) is 7.98. The maximum atomic E-state index is 11.2. The number of carbonyl (C=O) groups is 1. The summed E-state index contributed by atoms with van der Waals surface area (Å²) in [7, 11) is 1.62. The van der Waals surface area contributed by atoms with E-state index in [1.165, 1.54) is 0 Å². The van der Waals surface area contributed by atoms with Crippen LogP contribution in [0.1, 0.15) is 23.0 Å². The number of carboxylic acids is 1. The predicted molar refractivity (Wildman–Crippen MR) is 113 cm³/mol. The molecule has 3 aromatic rings. The van der Waals surface area contributed by atoms with Crippen molar-refractivity contribution in [1.82, 2.24) is 4.98 Å². The number of fused-ring (bicyclic) bond motifs is 1. The minimum atomic E-state index is -1.32. The van der Waals surface area contributed by atoms with Crippen molar-refractivity contribution in [2.24, 2.45) is 5.10 Å². The molecule has 0 saturated carbocycles. The summed E-state index contributed by atoms with van der Waals surface area (Å²) in [5.41, 5.74) is 3.85. The van der Waals surface area contributed by atoms with E-state index in [0.29, 0.717) is 5.71 Å². The summed E-state index contributed by atoms with van der Waals surface area (Å²) >= 11 is 18.1. The number of nitrogens with zero attached hydrogens (tertiary/aromatic N) is 2. The number of pyridine rings is 1. The largest absolute Gasteiger partial charge is 0.497 e. The second-order valence-electron chi connectivity index (χ2n) is 5.80. The molecule has 0 atom stereocenters. The van der Waals surface area contributed by atoms with Crippen LogP contribution < -0.4 is 10.2 Å². The third-order valence-corrected chi connectivity index (χ3v) is 5.15. The highest BCUT2D eigenvalue weighted by molar-refractivity contribution is 6.46. The number of anilines is 1. The van der Waals surface area contributed by atoms with E-state index in [0.717, 1.165) is 22.1 Å². The molecule has 0 aliphatic rings. The van der Waals surface area contributed by atoms with E-state index in [1.807, 2.05) is 36.4 Å². The number of aromatic nitrogens is 1. The predicted octanol–water partition coefficient (Wildman–Crippen LogP) is 5.74. The maximum Gasteiger partial charge on any atom is 0.356 e. The Kier molecular flexibility index (Phi) is 5.93. The molecule has 0 unspecified atom stereocenters. The van der Waals surface area contributed by atoms with Crippen molar-refractivity contribution in [3.8, 4) is 5.75 Å². The van der Waals surface area contributed by atoms with Gasteiger partial charge < -0.3 is 9.84 Å². The molecule has 144 valence electrons. The fourth-order valence-electron chi connectivity index (χ4n) is 2.53. The zero-order chi connectivity index (χ0) is 20.4. The Hall–Kier alpha value is -2.54. The van der Waals surface area contributed by atoms with Gasteiger partial charge in [0.2, 0.25) is 0 Å². The van der Waals surface area contributed by atoms with Gasteiger partial charge in [-0.25, -0.2) is 9.78 Å². The number of nitrogens with one attached hydrogen (secondary N) is 1. The number of hydrazone groups is 1. The minimum absolute atomic E-state index is 0.0150. The lowest BCUT2D eigenvalue weighted by Gasteiger charge is -2.11. The van der Waals surface area contributed by atoms with Gasteiger partial charge in [-0.3, -0.25) is 5.43 Å². The molecule has 1 aromatic heterocycles. The molecule has 0 spiro atoms. The number of benzene rings is 2. The third kappa shape index (κ3) is 3.99.